The Balaban J connectivity index is 0.00000760. The Morgan fingerprint density at radius 1 is 0.974 bits per heavy atom. The number of amides is 1. The topological polar surface area (TPSA) is 128 Å². The Labute approximate surface area is 236 Å². The Hall–Kier alpha value is -3.53. The molecule has 0 saturated carbocycles. The first kappa shape index (κ1) is 33.5. The molecule has 2 rings (SSSR count). The van der Waals surface area contributed by atoms with Gasteiger partial charge in [-0.1, -0.05) is 37.8 Å². The van der Waals surface area contributed by atoms with E-state index in [4.69, 9.17) is 4.74 Å². The first-order valence-corrected chi connectivity index (χ1v) is 13.1. The molecule has 0 saturated heterocycles. The highest BCUT2D eigenvalue weighted by molar-refractivity contribution is 5.67. The van der Waals surface area contributed by atoms with Crippen molar-refractivity contribution >= 4 is 17.5 Å². The van der Waals surface area contributed by atoms with Gasteiger partial charge in [0.25, 0.3) is 11.4 Å². The molecule has 11 heteroatoms. The van der Waals surface area contributed by atoms with Crippen LogP contribution in [0, 0.1) is 20.2 Å². The van der Waals surface area contributed by atoms with Gasteiger partial charge in [0, 0.05) is 30.3 Å². The van der Waals surface area contributed by atoms with E-state index in [9.17, 15) is 25.0 Å². The molecule has 0 spiro atoms. The summed E-state index contributed by atoms with van der Waals surface area (Å²) < 4.78 is 6.84. The number of pyridine rings is 1. The van der Waals surface area contributed by atoms with Gasteiger partial charge in [0.15, 0.2) is 12.4 Å². The summed E-state index contributed by atoms with van der Waals surface area (Å²) in [6.45, 7) is 6.09. The number of non-ortho nitro benzene ring substituents is 1. The number of ether oxygens (including phenoxy) is 1. The predicted molar refractivity (Wildman–Crippen MR) is 145 cm³/mol. The minimum atomic E-state index is -0.635. The summed E-state index contributed by atoms with van der Waals surface area (Å²) in [5.74, 6) is 0. The standard InChI is InChI=1S/C28H38N4O6.ClH/c1-28(2,3)38-27(33)29-19-13-11-9-7-5-4-6-8-10-12-15-23-16-14-20-30(22-23)25-18-17-24(31(34)35)21-26(25)32(36)37;/h9,11,14,16-18,20-22H,4-8,10,12-13,15,19H2,1-3H3;1H/b11-9+;. The number of rotatable bonds is 15. The number of alkyl carbamates (subject to hydrolysis) is 1. The number of benzene rings is 1. The van der Waals surface area contributed by atoms with Crippen molar-refractivity contribution in [1.82, 2.24) is 5.32 Å². The van der Waals surface area contributed by atoms with Crippen LogP contribution in [0.25, 0.3) is 5.69 Å². The molecule has 1 aromatic heterocycles. The van der Waals surface area contributed by atoms with Crippen LogP contribution < -0.4 is 22.3 Å². The van der Waals surface area contributed by atoms with Gasteiger partial charge in [-0.25, -0.2) is 4.79 Å². The van der Waals surface area contributed by atoms with E-state index in [0.717, 1.165) is 56.6 Å². The van der Waals surface area contributed by atoms with Gasteiger partial charge < -0.3 is 22.5 Å². The van der Waals surface area contributed by atoms with Crippen LogP contribution in [0.15, 0.2) is 54.9 Å². The summed E-state index contributed by atoms with van der Waals surface area (Å²) in [5, 5.41) is 25.2. The third kappa shape index (κ3) is 13.2. The number of allylic oxidation sites excluding steroid dienone is 1. The molecule has 0 radical (unpaired) electrons. The summed E-state index contributed by atoms with van der Waals surface area (Å²) in [6, 6.07) is 7.51. The number of aromatic nitrogens is 1. The number of hydrogen-bond acceptors (Lipinski definition) is 6. The summed E-state index contributed by atoms with van der Waals surface area (Å²) >= 11 is 0. The fraction of sp³-hybridized carbons (Fsp3) is 0.500. The van der Waals surface area contributed by atoms with Gasteiger partial charge in [-0.05, 0) is 58.9 Å². The maximum absolute atomic E-state index is 11.6. The molecule has 0 unspecified atom stereocenters. The van der Waals surface area contributed by atoms with Gasteiger partial charge in [-0.15, -0.1) is 0 Å². The van der Waals surface area contributed by atoms with Crippen LogP contribution >= 0.6 is 0 Å². The summed E-state index contributed by atoms with van der Waals surface area (Å²) in [6.07, 6.45) is 16.9. The zero-order chi connectivity index (χ0) is 28.0. The average molecular weight is 563 g/mol. The molecule has 1 amide bonds. The van der Waals surface area contributed by atoms with E-state index >= 15 is 0 Å². The van der Waals surface area contributed by atoms with Crippen LogP contribution in [0.4, 0.5) is 16.2 Å². The van der Waals surface area contributed by atoms with Crippen molar-refractivity contribution in [3.8, 4) is 5.69 Å². The maximum atomic E-state index is 11.6. The summed E-state index contributed by atoms with van der Waals surface area (Å²) in [5.41, 5.74) is 0.281. The molecule has 0 bridgehead atoms. The monoisotopic (exact) mass is 562 g/mol. The molecule has 214 valence electrons. The molecule has 0 fully saturated rings. The van der Waals surface area contributed by atoms with Crippen LogP contribution in [-0.4, -0.2) is 28.1 Å². The number of carbonyl (C=O) groups is 1. The second-order valence-corrected chi connectivity index (χ2v) is 10.2. The minimum Gasteiger partial charge on any atom is -1.00 e. The fourth-order valence-electron chi connectivity index (χ4n) is 3.92. The second-order valence-electron chi connectivity index (χ2n) is 10.2. The second kappa shape index (κ2) is 17.1. The molecule has 10 nitrogen and oxygen atoms in total. The summed E-state index contributed by atoms with van der Waals surface area (Å²) in [7, 11) is 0. The molecule has 0 aliphatic heterocycles. The first-order chi connectivity index (χ1) is 18.1. The highest BCUT2D eigenvalue weighted by Gasteiger charge is 2.26. The Bertz CT molecular complexity index is 1120. The normalized spacial score (nSPS) is 11.2. The third-order valence-electron chi connectivity index (χ3n) is 5.74. The number of unbranched alkanes of at least 4 members (excludes halogenated alkanes) is 6. The number of nitro benzene ring substituents is 2. The predicted octanol–water partition coefficient (Wildman–Crippen LogP) is 3.53. The molecular formula is C28H39ClN4O6. The van der Waals surface area contributed by atoms with Crippen molar-refractivity contribution in [2.75, 3.05) is 6.54 Å². The van der Waals surface area contributed by atoms with E-state index < -0.39 is 15.4 Å². The van der Waals surface area contributed by atoms with Crippen LogP contribution in [0.2, 0.25) is 0 Å². The number of hydrogen-bond donors (Lipinski definition) is 1. The highest BCUT2D eigenvalue weighted by Crippen LogP contribution is 2.24. The first-order valence-electron chi connectivity index (χ1n) is 13.1. The smallest absolute Gasteiger partial charge is 0.407 e. The van der Waals surface area contributed by atoms with Gasteiger partial charge >= 0.3 is 11.8 Å². The van der Waals surface area contributed by atoms with Crippen molar-refractivity contribution in [2.24, 2.45) is 0 Å². The van der Waals surface area contributed by atoms with E-state index in [1.54, 1.807) is 10.8 Å². The molecule has 39 heavy (non-hydrogen) atoms. The van der Waals surface area contributed by atoms with E-state index in [0.29, 0.717) is 12.2 Å². The van der Waals surface area contributed by atoms with Crippen molar-refractivity contribution < 1.29 is 36.4 Å². The largest absolute Gasteiger partial charge is 1.00 e. The van der Waals surface area contributed by atoms with Gasteiger partial charge in [0.05, 0.1) is 9.85 Å². The van der Waals surface area contributed by atoms with Crippen molar-refractivity contribution in [3.05, 3.63) is 80.7 Å². The molecule has 0 aliphatic rings. The van der Waals surface area contributed by atoms with E-state index in [1.165, 1.54) is 25.0 Å². The lowest BCUT2D eigenvalue weighted by atomic mass is 10.1. The highest BCUT2D eigenvalue weighted by atomic mass is 35.5. The van der Waals surface area contributed by atoms with Crippen molar-refractivity contribution in [3.63, 3.8) is 0 Å². The van der Waals surface area contributed by atoms with Crippen LogP contribution in [0.5, 0.6) is 0 Å². The number of nitrogens with one attached hydrogen (secondary N) is 1. The quantitative estimate of drug-likeness (QED) is 0.116. The lowest BCUT2D eigenvalue weighted by molar-refractivity contribution is -0.601. The number of carbonyl (C=O) groups excluding carboxylic acids is 1. The van der Waals surface area contributed by atoms with Gasteiger partial charge in [-0.3, -0.25) is 20.2 Å². The molecule has 1 aromatic carbocycles. The van der Waals surface area contributed by atoms with Gasteiger partial charge in [-0.2, -0.15) is 4.57 Å². The average Bonchev–Trinajstić information content (AvgIpc) is 2.85. The van der Waals surface area contributed by atoms with Gasteiger partial charge in [0.2, 0.25) is 0 Å². The lowest BCUT2D eigenvalue weighted by Gasteiger charge is -2.19. The third-order valence-corrected chi connectivity index (χ3v) is 5.74. The molecule has 1 heterocycles. The van der Waals surface area contributed by atoms with Crippen LogP contribution in [0.3, 0.4) is 0 Å². The lowest BCUT2D eigenvalue weighted by Crippen LogP contribution is -3.00. The fourth-order valence-corrected chi connectivity index (χ4v) is 3.92. The molecule has 1 N–H and O–H groups in total. The van der Waals surface area contributed by atoms with E-state index in [1.807, 2.05) is 39.1 Å². The zero-order valence-corrected chi connectivity index (χ0v) is 23.7. The Morgan fingerprint density at radius 3 is 2.31 bits per heavy atom. The molecule has 0 atom stereocenters. The van der Waals surface area contributed by atoms with E-state index in [-0.39, 0.29) is 29.9 Å². The molecular weight excluding hydrogens is 524 g/mol. The van der Waals surface area contributed by atoms with E-state index in [2.05, 4.69) is 17.5 Å². The Morgan fingerprint density at radius 2 is 1.64 bits per heavy atom. The molecule has 0 aliphatic carbocycles. The summed E-state index contributed by atoms with van der Waals surface area (Å²) in [4.78, 5) is 32.8. The Kier molecular flexibility index (Phi) is 14.7. The molecule has 2 aromatic rings. The number of nitrogens with zero attached hydrogens (tertiary/aromatic N) is 3. The van der Waals surface area contributed by atoms with Crippen LogP contribution in [-0.2, 0) is 11.2 Å². The number of aryl methyl sites for hydroxylation is 1. The SMILES string of the molecule is CC(C)(C)OC(=O)NCC/C=C/CCCCCCCCc1ccc[n+](-c2ccc([N+](=O)[O-])cc2[N+](=O)[O-])c1.[Cl-]. The van der Waals surface area contributed by atoms with Gasteiger partial charge in [0.1, 0.15) is 11.7 Å². The van der Waals surface area contributed by atoms with Crippen LogP contribution in [0.1, 0.15) is 77.7 Å². The van der Waals surface area contributed by atoms with Crippen molar-refractivity contribution in [1.29, 1.82) is 0 Å². The number of nitro groups is 2. The zero-order valence-electron chi connectivity index (χ0n) is 22.9. The van der Waals surface area contributed by atoms with Crippen molar-refractivity contribution in [2.45, 2.75) is 84.2 Å². The minimum absolute atomic E-state index is 0. The number of halogens is 1. The maximum Gasteiger partial charge on any atom is 0.407 e.